The molecule has 2 rings (SSSR count). The van der Waals surface area contributed by atoms with E-state index >= 15 is 0 Å². The number of halogens is 1. The highest BCUT2D eigenvalue weighted by atomic mass is 32.2. The van der Waals surface area contributed by atoms with Gasteiger partial charge in [0.2, 0.25) is 0 Å². The van der Waals surface area contributed by atoms with Gasteiger partial charge >= 0.3 is 0 Å². The summed E-state index contributed by atoms with van der Waals surface area (Å²) in [5, 5.41) is 0. The van der Waals surface area contributed by atoms with Gasteiger partial charge in [-0.15, -0.1) is 11.8 Å². The zero-order valence-corrected chi connectivity index (χ0v) is 13.6. The third-order valence-electron chi connectivity index (χ3n) is 3.22. The van der Waals surface area contributed by atoms with Gasteiger partial charge in [0.15, 0.2) is 0 Å². The number of hydrogen-bond donors (Lipinski definition) is 1. The van der Waals surface area contributed by atoms with Crippen LogP contribution in [0.15, 0.2) is 47.4 Å². The van der Waals surface area contributed by atoms with E-state index in [2.05, 4.69) is 4.90 Å². The first-order chi connectivity index (χ1) is 10.1. The Morgan fingerprint density at radius 3 is 2.43 bits per heavy atom. The van der Waals surface area contributed by atoms with Crippen molar-refractivity contribution in [3.8, 4) is 0 Å². The van der Waals surface area contributed by atoms with E-state index in [1.54, 1.807) is 23.9 Å². The molecule has 0 aliphatic heterocycles. The fourth-order valence-electron chi connectivity index (χ4n) is 2.28. The van der Waals surface area contributed by atoms with Crippen molar-refractivity contribution >= 4 is 40.3 Å². The molecular formula is C16H17FN2S2. The summed E-state index contributed by atoms with van der Waals surface area (Å²) in [6, 6.07) is 12.4. The van der Waals surface area contributed by atoms with E-state index in [-0.39, 0.29) is 5.82 Å². The smallest absolute Gasteiger partial charge is 0.123 e. The van der Waals surface area contributed by atoms with Crippen molar-refractivity contribution < 1.29 is 4.39 Å². The number of nitrogens with zero attached hydrogens (tertiary/aromatic N) is 1. The van der Waals surface area contributed by atoms with E-state index in [1.165, 1.54) is 12.1 Å². The first-order valence-corrected chi connectivity index (χ1v) is 8.21. The fourth-order valence-corrected chi connectivity index (χ4v) is 3.19. The zero-order chi connectivity index (χ0) is 15.4. The quantitative estimate of drug-likeness (QED) is 0.655. The van der Waals surface area contributed by atoms with Gasteiger partial charge in [0.25, 0.3) is 0 Å². The van der Waals surface area contributed by atoms with Crippen LogP contribution in [0.2, 0.25) is 0 Å². The molecule has 0 bridgehead atoms. The summed E-state index contributed by atoms with van der Waals surface area (Å²) in [4.78, 5) is 3.49. The summed E-state index contributed by atoms with van der Waals surface area (Å²) in [5.74, 6) is -0.248. The van der Waals surface area contributed by atoms with Crippen LogP contribution >= 0.6 is 24.0 Å². The number of thiocarbonyl (C=S) groups is 1. The van der Waals surface area contributed by atoms with Crippen LogP contribution in [0.1, 0.15) is 12.5 Å². The number of benzene rings is 2. The Kier molecular flexibility index (Phi) is 5.20. The largest absolute Gasteiger partial charge is 0.389 e. The summed E-state index contributed by atoms with van der Waals surface area (Å²) in [6.45, 7) is 2.78. The SMILES string of the molecule is CCN(c1ccc(F)cc1)c1cccc(SC)c1C(N)=S. The van der Waals surface area contributed by atoms with Crippen LogP contribution < -0.4 is 10.6 Å². The summed E-state index contributed by atoms with van der Waals surface area (Å²) in [7, 11) is 0. The van der Waals surface area contributed by atoms with E-state index in [9.17, 15) is 4.39 Å². The normalized spacial score (nSPS) is 10.4. The van der Waals surface area contributed by atoms with Crippen molar-refractivity contribution in [3.63, 3.8) is 0 Å². The summed E-state index contributed by atoms with van der Waals surface area (Å²) in [6.07, 6.45) is 2.00. The molecule has 0 spiro atoms. The Bertz CT molecular complexity index is 641. The molecule has 0 saturated heterocycles. The molecule has 0 aromatic heterocycles. The molecule has 0 heterocycles. The second-order valence-corrected chi connectivity index (χ2v) is 5.73. The highest BCUT2D eigenvalue weighted by molar-refractivity contribution is 7.98. The predicted molar refractivity (Wildman–Crippen MR) is 93.2 cm³/mol. The first kappa shape index (κ1) is 15.8. The van der Waals surface area contributed by atoms with Crippen molar-refractivity contribution in [1.82, 2.24) is 0 Å². The second kappa shape index (κ2) is 6.91. The van der Waals surface area contributed by atoms with Gasteiger partial charge in [0.05, 0.1) is 5.69 Å². The van der Waals surface area contributed by atoms with Crippen molar-refractivity contribution in [3.05, 3.63) is 53.8 Å². The molecule has 0 radical (unpaired) electrons. The average Bonchev–Trinajstić information content (AvgIpc) is 2.49. The van der Waals surface area contributed by atoms with E-state index in [1.807, 2.05) is 31.4 Å². The van der Waals surface area contributed by atoms with Crippen LogP contribution in [0, 0.1) is 5.82 Å². The molecule has 0 fully saturated rings. The lowest BCUT2D eigenvalue weighted by atomic mass is 10.1. The molecule has 2 N–H and O–H groups in total. The topological polar surface area (TPSA) is 29.3 Å². The van der Waals surface area contributed by atoms with Gasteiger partial charge in [-0.05, 0) is 49.6 Å². The average molecular weight is 320 g/mol. The molecule has 0 amide bonds. The maximum atomic E-state index is 13.1. The van der Waals surface area contributed by atoms with Gasteiger partial charge < -0.3 is 10.6 Å². The number of nitrogens with two attached hydrogens (primary N) is 1. The van der Waals surface area contributed by atoms with E-state index < -0.39 is 0 Å². The van der Waals surface area contributed by atoms with Gasteiger partial charge in [-0.3, -0.25) is 0 Å². The molecule has 0 aliphatic rings. The van der Waals surface area contributed by atoms with Crippen LogP contribution in [0.5, 0.6) is 0 Å². The molecule has 0 unspecified atom stereocenters. The number of rotatable bonds is 5. The van der Waals surface area contributed by atoms with Crippen molar-refractivity contribution in [2.75, 3.05) is 17.7 Å². The molecule has 110 valence electrons. The first-order valence-electron chi connectivity index (χ1n) is 6.58. The van der Waals surface area contributed by atoms with Gasteiger partial charge in [0, 0.05) is 22.7 Å². The van der Waals surface area contributed by atoms with Crippen molar-refractivity contribution in [2.45, 2.75) is 11.8 Å². The van der Waals surface area contributed by atoms with Crippen LogP contribution in [0.3, 0.4) is 0 Å². The van der Waals surface area contributed by atoms with Gasteiger partial charge in [-0.1, -0.05) is 18.3 Å². The van der Waals surface area contributed by atoms with Crippen molar-refractivity contribution in [2.24, 2.45) is 5.73 Å². The van der Waals surface area contributed by atoms with Gasteiger partial charge in [-0.2, -0.15) is 0 Å². The molecular weight excluding hydrogens is 303 g/mol. The molecule has 2 nitrogen and oxygen atoms in total. The maximum Gasteiger partial charge on any atom is 0.123 e. The van der Waals surface area contributed by atoms with Gasteiger partial charge in [0.1, 0.15) is 10.8 Å². The molecule has 0 saturated carbocycles. The van der Waals surface area contributed by atoms with Crippen LogP contribution in [0.25, 0.3) is 0 Å². The fraction of sp³-hybridized carbons (Fsp3) is 0.188. The maximum absolute atomic E-state index is 13.1. The second-order valence-electron chi connectivity index (χ2n) is 4.44. The summed E-state index contributed by atoms with van der Waals surface area (Å²) in [5.41, 5.74) is 8.64. The van der Waals surface area contributed by atoms with Crippen LogP contribution in [0.4, 0.5) is 15.8 Å². The Hall–Kier alpha value is -1.59. The van der Waals surface area contributed by atoms with Crippen LogP contribution in [-0.2, 0) is 0 Å². The molecule has 0 atom stereocenters. The Balaban J connectivity index is 2.57. The third-order valence-corrected chi connectivity index (χ3v) is 4.20. The lowest BCUT2D eigenvalue weighted by Crippen LogP contribution is -2.22. The minimum Gasteiger partial charge on any atom is -0.389 e. The van der Waals surface area contributed by atoms with Crippen molar-refractivity contribution in [1.29, 1.82) is 0 Å². The Morgan fingerprint density at radius 1 is 1.24 bits per heavy atom. The lowest BCUT2D eigenvalue weighted by molar-refractivity contribution is 0.628. The Labute approximate surface area is 134 Å². The highest BCUT2D eigenvalue weighted by Gasteiger charge is 2.16. The number of hydrogen-bond acceptors (Lipinski definition) is 3. The Morgan fingerprint density at radius 2 is 1.90 bits per heavy atom. The number of thioether (sulfide) groups is 1. The van der Waals surface area contributed by atoms with E-state index in [4.69, 9.17) is 18.0 Å². The zero-order valence-electron chi connectivity index (χ0n) is 12.0. The minimum absolute atomic E-state index is 0.248. The molecule has 5 heteroatoms. The monoisotopic (exact) mass is 320 g/mol. The molecule has 2 aromatic rings. The standard InChI is InChI=1S/C16H17FN2S2/c1-3-19(12-9-7-11(17)8-10-12)13-5-4-6-14(21-2)15(13)16(18)20/h4-10H,3H2,1-2H3,(H2,18,20). The van der Waals surface area contributed by atoms with E-state index in [0.29, 0.717) is 4.99 Å². The number of anilines is 2. The lowest BCUT2D eigenvalue weighted by Gasteiger charge is -2.26. The molecule has 0 aliphatic carbocycles. The van der Waals surface area contributed by atoms with E-state index in [0.717, 1.165) is 28.4 Å². The van der Waals surface area contributed by atoms with Crippen LogP contribution in [-0.4, -0.2) is 17.8 Å². The molecule has 2 aromatic carbocycles. The molecule has 21 heavy (non-hydrogen) atoms. The minimum atomic E-state index is -0.248. The third kappa shape index (κ3) is 3.36. The predicted octanol–water partition coefficient (Wildman–Crippen LogP) is 4.34. The summed E-state index contributed by atoms with van der Waals surface area (Å²) < 4.78 is 13.1. The van der Waals surface area contributed by atoms with Gasteiger partial charge in [-0.25, -0.2) is 4.39 Å². The summed E-state index contributed by atoms with van der Waals surface area (Å²) >= 11 is 6.83. The highest BCUT2D eigenvalue weighted by Crippen LogP contribution is 2.33.